The quantitative estimate of drug-likeness (QED) is 0.893. The summed E-state index contributed by atoms with van der Waals surface area (Å²) in [4.78, 5) is 10.8. The Morgan fingerprint density at radius 2 is 1.83 bits per heavy atom. The number of alkyl halides is 3. The molecule has 5 nitrogen and oxygen atoms in total. The topological polar surface area (TPSA) is 68.0 Å². The number of halogens is 3. The normalized spacial score (nSPS) is 11.5. The molecule has 1 heterocycles. The van der Waals surface area contributed by atoms with Crippen LogP contribution in [-0.2, 0) is 6.18 Å². The third kappa shape index (κ3) is 2.17. The molecule has 0 amide bonds. The third-order valence-corrected chi connectivity index (χ3v) is 2.21. The van der Waals surface area contributed by atoms with Crippen molar-refractivity contribution in [3.8, 4) is 5.69 Å². The van der Waals surface area contributed by atoms with E-state index in [4.69, 9.17) is 5.11 Å². The Labute approximate surface area is 98.5 Å². The largest absolute Gasteiger partial charge is 0.476 e. The van der Waals surface area contributed by atoms with Gasteiger partial charge in [0.05, 0.1) is 17.4 Å². The first kappa shape index (κ1) is 12.1. The van der Waals surface area contributed by atoms with Gasteiger partial charge in [-0.2, -0.15) is 13.2 Å². The number of carbonyl (C=O) groups is 1. The van der Waals surface area contributed by atoms with Crippen LogP contribution in [0.15, 0.2) is 30.5 Å². The standard InChI is InChI=1S/C10H6F3N3O2/c11-10(12,13)6-1-3-7(4-2-6)16-8(9(17)18)5-14-15-16/h1-5H,(H,17,18). The number of carboxylic acid groups (broad SMARTS) is 1. The van der Waals surface area contributed by atoms with Gasteiger partial charge in [0.15, 0.2) is 5.69 Å². The van der Waals surface area contributed by atoms with E-state index in [1.54, 1.807) is 0 Å². The average molecular weight is 257 g/mol. The summed E-state index contributed by atoms with van der Waals surface area (Å²) in [5.41, 5.74) is -0.851. The molecule has 18 heavy (non-hydrogen) atoms. The molecule has 0 aliphatic carbocycles. The first-order chi connectivity index (χ1) is 8.39. The summed E-state index contributed by atoms with van der Waals surface area (Å²) >= 11 is 0. The van der Waals surface area contributed by atoms with E-state index >= 15 is 0 Å². The van der Waals surface area contributed by atoms with E-state index < -0.39 is 17.7 Å². The fourth-order valence-corrected chi connectivity index (χ4v) is 1.36. The Kier molecular flexibility index (Phi) is 2.77. The van der Waals surface area contributed by atoms with Gasteiger partial charge in [0, 0.05) is 0 Å². The minimum atomic E-state index is -4.43. The minimum absolute atomic E-state index is 0.193. The molecule has 1 N–H and O–H groups in total. The Morgan fingerprint density at radius 3 is 2.33 bits per heavy atom. The molecule has 94 valence electrons. The molecule has 0 atom stereocenters. The van der Waals surface area contributed by atoms with Gasteiger partial charge in [0.25, 0.3) is 0 Å². The summed E-state index contributed by atoms with van der Waals surface area (Å²) in [6.45, 7) is 0. The van der Waals surface area contributed by atoms with Gasteiger partial charge in [-0.1, -0.05) is 5.21 Å². The molecular formula is C10H6F3N3O2. The number of hydrogen-bond acceptors (Lipinski definition) is 3. The maximum absolute atomic E-state index is 12.3. The molecule has 2 rings (SSSR count). The molecule has 0 bridgehead atoms. The van der Waals surface area contributed by atoms with E-state index in [2.05, 4.69) is 10.3 Å². The van der Waals surface area contributed by atoms with E-state index in [-0.39, 0.29) is 11.4 Å². The smallest absolute Gasteiger partial charge is 0.416 e. The van der Waals surface area contributed by atoms with Crippen LogP contribution in [0.2, 0.25) is 0 Å². The monoisotopic (exact) mass is 257 g/mol. The zero-order valence-electron chi connectivity index (χ0n) is 8.72. The van der Waals surface area contributed by atoms with Crippen LogP contribution >= 0.6 is 0 Å². The van der Waals surface area contributed by atoms with E-state index in [1.165, 1.54) is 0 Å². The average Bonchev–Trinajstić information content (AvgIpc) is 2.77. The van der Waals surface area contributed by atoms with E-state index in [0.29, 0.717) is 0 Å². The predicted octanol–water partition coefficient (Wildman–Crippen LogP) is 1.98. The second-order valence-electron chi connectivity index (χ2n) is 3.38. The molecule has 0 saturated carbocycles. The van der Waals surface area contributed by atoms with E-state index in [1.807, 2.05) is 0 Å². The van der Waals surface area contributed by atoms with Crippen molar-refractivity contribution >= 4 is 5.97 Å². The molecule has 0 unspecified atom stereocenters. The molecule has 2 aromatic rings. The van der Waals surface area contributed by atoms with Crippen LogP contribution in [0.4, 0.5) is 13.2 Å². The first-order valence-corrected chi connectivity index (χ1v) is 4.71. The number of nitrogens with zero attached hydrogens (tertiary/aromatic N) is 3. The van der Waals surface area contributed by atoms with E-state index in [9.17, 15) is 18.0 Å². The van der Waals surface area contributed by atoms with Crippen molar-refractivity contribution in [2.75, 3.05) is 0 Å². The van der Waals surface area contributed by atoms with Crippen molar-refractivity contribution in [2.45, 2.75) is 6.18 Å². The molecule has 1 aromatic carbocycles. The first-order valence-electron chi connectivity index (χ1n) is 4.71. The highest BCUT2D eigenvalue weighted by atomic mass is 19.4. The number of aromatic carboxylic acids is 1. The Bertz CT molecular complexity index is 575. The summed E-state index contributed by atoms with van der Waals surface area (Å²) in [7, 11) is 0. The molecule has 0 fully saturated rings. The molecule has 0 aliphatic rings. The van der Waals surface area contributed by atoms with Crippen LogP contribution in [-0.4, -0.2) is 26.1 Å². The summed E-state index contributed by atoms with van der Waals surface area (Å²) in [6, 6.07) is 3.96. The second kappa shape index (κ2) is 4.13. The maximum atomic E-state index is 12.3. The highest BCUT2D eigenvalue weighted by Gasteiger charge is 2.30. The van der Waals surface area contributed by atoms with Gasteiger partial charge in [0.1, 0.15) is 0 Å². The molecule has 0 radical (unpaired) electrons. The van der Waals surface area contributed by atoms with Crippen LogP contribution in [0.25, 0.3) is 5.69 Å². The van der Waals surface area contributed by atoms with E-state index in [0.717, 1.165) is 35.1 Å². The number of rotatable bonds is 2. The van der Waals surface area contributed by atoms with Gasteiger partial charge in [0.2, 0.25) is 0 Å². The zero-order valence-corrected chi connectivity index (χ0v) is 8.72. The van der Waals surface area contributed by atoms with Crippen molar-refractivity contribution in [1.82, 2.24) is 15.0 Å². The van der Waals surface area contributed by atoms with Crippen LogP contribution in [0, 0.1) is 0 Å². The van der Waals surface area contributed by atoms with Gasteiger partial charge in [-0.15, -0.1) is 5.10 Å². The molecule has 0 aliphatic heterocycles. The molecule has 1 aromatic heterocycles. The Balaban J connectivity index is 2.41. The zero-order chi connectivity index (χ0) is 13.3. The number of aromatic nitrogens is 3. The Hall–Kier alpha value is -2.38. The van der Waals surface area contributed by atoms with Crippen LogP contribution in [0.5, 0.6) is 0 Å². The van der Waals surface area contributed by atoms with Gasteiger partial charge in [-0.3, -0.25) is 0 Å². The lowest BCUT2D eigenvalue weighted by Gasteiger charge is -2.08. The SMILES string of the molecule is O=C(O)c1cnnn1-c1ccc(C(F)(F)F)cc1. The summed E-state index contributed by atoms with van der Waals surface area (Å²) in [6.07, 6.45) is -3.42. The summed E-state index contributed by atoms with van der Waals surface area (Å²) < 4.78 is 38.0. The van der Waals surface area contributed by atoms with Crippen LogP contribution in [0.3, 0.4) is 0 Å². The van der Waals surface area contributed by atoms with Crippen molar-refractivity contribution in [3.05, 3.63) is 41.7 Å². The predicted molar refractivity (Wildman–Crippen MR) is 53.3 cm³/mol. The van der Waals surface area contributed by atoms with Gasteiger partial charge in [-0.25, -0.2) is 9.48 Å². The number of carboxylic acids is 1. The number of benzene rings is 1. The van der Waals surface area contributed by atoms with Crippen LogP contribution < -0.4 is 0 Å². The highest BCUT2D eigenvalue weighted by molar-refractivity contribution is 5.85. The van der Waals surface area contributed by atoms with Gasteiger partial charge < -0.3 is 5.11 Å². The molecule has 0 saturated heterocycles. The lowest BCUT2D eigenvalue weighted by molar-refractivity contribution is -0.137. The molecule has 8 heteroatoms. The maximum Gasteiger partial charge on any atom is 0.416 e. The highest BCUT2D eigenvalue weighted by Crippen LogP contribution is 2.29. The van der Waals surface area contributed by atoms with Crippen molar-refractivity contribution in [2.24, 2.45) is 0 Å². The van der Waals surface area contributed by atoms with Crippen molar-refractivity contribution in [3.63, 3.8) is 0 Å². The third-order valence-electron chi connectivity index (χ3n) is 2.21. The molecule has 0 spiro atoms. The number of hydrogen-bond donors (Lipinski definition) is 1. The fourth-order valence-electron chi connectivity index (χ4n) is 1.36. The molecular weight excluding hydrogens is 251 g/mol. The second-order valence-corrected chi connectivity index (χ2v) is 3.38. The lowest BCUT2D eigenvalue weighted by Crippen LogP contribution is -2.09. The van der Waals surface area contributed by atoms with Crippen LogP contribution in [0.1, 0.15) is 16.1 Å². The van der Waals surface area contributed by atoms with Gasteiger partial charge in [-0.05, 0) is 24.3 Å². The van der Waals surface area contributed by atoms with Crippen molar-refractivity contribution < 1.29 is 23.1 Å². The lowest BCUT2D eigenvalue weighted by atomic mass is 10.2. The minimum Gasteiger partial charge on any atom is -0.476 e. The van der Waals surface area contributed by atoms with Crippen molar-refractivity contribution in [1.29, 1.82) is 0 Å². The fraction of sp³-hybridized carbons (Fsp3) is 0.100. The summed E-state index contributed by atoms with van der Waals surface area (Å²) in [5, 5.41) is 15.7. The van der Waals surface area contributed by atoms with Gasteiger partial charge >= 0.3 is 12.1 Å². The Morgan fingerprint density at radius 1 is 1.22 bits per heavy atom. The summed E-state index contributed by atoms with van der Waals surface area (Å²) in [5.74, 6) is -1.26.